The van der Waals surface area contributed by atoms with Gasteiger partial charge in [-0.15, -0.1) is 0 Å². The van der Waals surface area contributed by atoms with Crippen molar-refractivity contribution in [2.45, 2.75) is 57.8 Å². The van der Waals surface area contributed by atoms with Gasteiger partial charge in [0.1, 0.15) is 6.79 Å². The maximum atomic E-state index is 5.20. The highest BCUT2D eigenvalue weighted by Gasteiger charge is 1.90. The Kier molecular flexibility index (Phi) is 17.3. The fourth-order valence-electron chi connectivity index (χ4n) is 1.77. The van der Waals surface area contributed by atoms with Crippen LogP contribution >= 0.6 is 15.9 Å². The van der Waals surface area contributed by atoms with Gasteiger partial charge in [0.05, 0.1) is 6.61 Å². The summed E-state index contributed by atoms with van der Waals surface area (Å²) < 4.78 is 10.00. The van der Waals surface area contributed by atoms with Gasteiger partial charge >= 0.3 is 0 Å². The van der Waals surface area contributed by atoms with Gasteiger partial charge in [0.2, 0.25) is 0 Å². The Hall–Kier alpha value is 0.140. The molecule has 0 aliphatic heterocycles. The third-order valence-corrected chi connectivity index (χ3v) is 3.36. The lowest BCUT2D eigenvalue weighted by Gasteiger charge is -2.00. The molecule has 18 heavy (non-hydrogen) atoms. The van der Waals surface area contributed by atoms with Gasteiger partial charge in [0.15, 0.2) is 0 Å². The molecule has 0 saturated heterocycles. The van der Waals surface area contributed by atoms with Gasteiger partial charge in [-0.05, 0) is 25.7 Å². The number of unbranched alkanes of at least 4 members (excludes halogenated alkanes) is 7. The minimum absolute atomic E-state index is 0.406. The van der Waals surface area contributed by atoms with Crippen molar-refractivity contribution < 1.29 is 9.47 Å². The molecule has 0 saturated carbocycles. The molecule has 0 heterocycles. The number of rotatable bonds is 14. The Labute approximate surface area is 121 Å². The van der Waals surface area contributed by atoms with Crippen LogP contribution in [-0.2, 0) is 9.47 Å². The molecular formula is C15H29BrO2. The van der Waals surface area contributed by atoms with Crippen LogP contribution in [0.15, 0.2) is 12.2 Å². The molecular weight excluding hydrogens is 292 g/mol. The fourth-order valence-corrected chi connectivity index (χ4v) is 2.17. The van der Waals surface area contributed by atoms with Crippen molar-refractivity contribution in [3.8, 4) is 0 Å². The highest BCUT2D eigenvalue weighted by Crippen LogP contribution is 2.09. The zero-order chi connectivity index (χ0) is 13.3. The number of hydrogen-bond acceptors (Lipinski definition) is 2. The molecule has 0 aliphatic carbocycles. The van der Waals surface area contributed by atoms with E-state index in [1.54, 1.807) is 7.11 Å². The molecule has 0 radical (unpaired) electrons. The molecule has 2 nitrogen and oxygen atoms in total. The second-order valence-corrected chi connectivity index (χ2v) is 5.32. The zero-order valence-electron chi connectivity index (χ0n) is 11.8. The molecule has 0 amide bonds. The van der Waals surface area contributed by atoms with E-state index in [0.717, 1.165) is 18.4 Å². The number of allylic oxidation sites excluding steroid dienone is 1. The molecule has 0 aromatic rings. The number of alkyl halides is 1. The first-order valence-electron chi connectivity index (χ1n) is 7.19. The summed E-state index contributed by atoms with van der Waals surface area (Å²) in [5, 5.41) is 1.16. The first-order valence-corrected chi connectivity index (χ1v) is 8.31. The van der Waals surface area contributed by atoms with Gasteiger partial charge in [-0.25, -0.2) is 0 Å². The van der Waals surface area contributed by atoms with Crippen molar-refractivity contribution in [3.63, 3.8) is 0 Å². The van der Waals surface area contributed by atoms with Gasteiger partial charge in [0, 0.05) is 12.4 Å². The lowest BCUT2D eigenvalue weighted by atomic mass is 10.1. The highest BCUT2D eigenvalue weighted by atomic mass is 79.9. The molecule has 108 valence electrons. The van der Waals surface area contributed by atoms with Crippen LogP contribution in [-0.4, -0.2) is 25.8 Å². The molecule has 0 unspecified atom stereocenters. The molecule has 0 aliphatic rings. The van der Waals surface area contributed by atoms with Crippen molar-refractivity contribution in [2.24, 2.45) is 0 Å². The van der Waals surface area contributed by atoms with Crippen LogP contribution in [0, 0.1) is 0 Å². The second kappa shape index (κ2) is 17.1. The molecule has 0 N–H and O–H groups in total. The van der Waals surface area contributed by atoms with Gasteiger partial charge in [-0.1, -0.05) is 60.2 Å². The molecule has 0 bridgehead atoms. The average molecular weight is 321 g/mol. The second-order valence-electron chi connectivity index (χ2n) is 4.53. The third kappa shape index (κ3) is 16.1. The quantitative estimate of drug-likeness (QED) is 0.192. The molecule has 0 rings (SSSR count). The van der Waals surface area contributed by atoms with Crippen LogP contribution < -0.4 is 0 Å². The van der Waals surface area contributed by atoms with E-state index in [1.165, 1.54) is 51.4 Å². The lowest BCUT2D eigenvalue weighted by molar-refractivity contribution is -0.0285. The number of ether oxygens (including phenoxy) is 2. The first kappa shape index (κ1) is 18.1. The minimum atomic E-state index is 0.406. The summed E-state index contributed by atoms with van der Waals surface area (Å²) in [6.45, 7) is 1.17. The predicted octanol–water partition coefficient (Wildman–Crippen LogP) is 5.07. The Bertz CT molecular complexity index is 172. The summed E-state index contributed by atoms with van der Waals surface area (Å²) in [5.41, 5.74) is 0. The van der Waals surface area contributed by atoms with E-state index in [-0.39, 0.29) is 0 Å². The summed E-state index contributed by atoms with van der Waals surface area (Å²) in [5.74, 6) is 0. The molecule has 3 heteroatoms. The van der Waals surface area contributed by atoms with E-state index in [2.05, 4.69) is 28.1 Å². The number of halogens is 1. The first-order chi connectivity index (χ1) is 8.91. The van der Waals surface area contributed by atoms with Gasteiger partial charge in [-0.2, -0.15) is 0 Å². The van der Waals surface area contributed by atoms with Gasteiger partial charge < -0.3 is 9.47 Å². The summed E-state index contributed by atoms with van der Waals surface area (Å²) in [6, 6.07) is 0. The van der Waals surface area contributed by atoms with Crippen LogP contribution in [0.2, 0.25) is 0 Å². The monoisotopic (exact) mass is 320 g/mol. The highest BCUT2D eigenvalue weighted by molar-refractivity contribution is 9.09. The molecule has 0 spiro atoms. The van der Waals surface area contributed by atoms with Crippen molar-refractivity contribution in [2.75, 3.05) is 25.8 Å². The normalized spacial score (nSPS) is 11.4. The number of methoxy groups -OCH3 is 1. The maximum absolute atomic E-state index is 5.20. The third-order valence-electron chi connectivity index (χ3n) is 2.80. The minimum Gasteiger partial charge on any atom is -0.359 e. The van der Waals surface area contributed by atoms with E-state index in [4.69, 9.17) is 9.47 Å². The van der Waals surface area contributed by atoms with E-state index >= 15 is 0 Å². The molecule has 0 fully saturated rings. The Morgan fingerprint density at radius 2 is 1.44 bits per heavy atom. The SMILES string of the molecule is COCOCCC=CCCCCCCCCCBr. The lowest BCUT2D eigenvalue weighted by Crippen LogP contribution is -1.96. The fraction of sp³-hybridized carbons (Fsp3) is 0.867. The van der Waals surface area contributed by atoms with Gasteiger partial charge in [0.25, 0.3) is 0 Å². The summed E-state index contributed by atoms with van der Waals surface area (Å²) in [4.78, 5) is 0. The van der Waals surface area contributed by atoms with Crippen molar-refractivity contribution in [1.29, 1.82) is 0 Å². The van der Waals surface area contributed by atoms with Crippen LogP contribution in [0.3, 0.4) is 0 Å². The van der Waals surface area contributed by atoms with E-state index < -0.39 is 0 Å². The largest absolute Gasteiger partial charge is 0.359 e. The number of hydrogen-bond donors (Lipinski definition) is 0. The maximum Gasteiger partial charge on any atom is 0.146 e. The molecule has 0 aromatic carbocycles. The van der Waals surface area contributed by atoms with E-state index in [9.17, 15) is 0 Å². The zero-order valence-corrected chi connectivity index (χ0v) is 13.4. The average Bonchev–Trinajstić information content (AvgIpc) is 2.39. The van der Waals surface area contributed by atoms with Crippen LogP contribution in [0.25, 0.3) is 0 Å². The standard InChI is InChI=1S/C15H29BrO2/c1-17-15-18-14-12-10-8-6-4-2-3-5-7-9-11-13-16/h8,10H,2-7,9,11-15H2,1H3. The molecule has 0 atom stereocenters. The van der Waals surface area contributed by atoms with E-state index in [0.29, 0.717) is 6.79 Å². The van der Waals surface area contributed by atoms with Crippen LogP contribution in [0.5, 0.6) is 0 Å². The summed E-state index contributed by atoms with van der Waals surface area (Å²) in [6.07, 6.45) is 16.3. The van der Waals surface area contributed by atoms with Crippen LogP contribution in [0.4, 0.5) is 0 Å². The van der Waals surface area contributed by atoms with Crippen molar-refractivity contribution >= 4 is 15.9 Å². The van der Waals surface area contributed by atoms with Crippen LogP contribution in [0.1, 0.15) is 57.8 Å². The molecule has 0 aromatic heterocycles. The predicted molar refractivity (Wildman–Crippen MR) is 82.3 cm³/mol. The van der Waals surface area contributed by atoms with Crippen molar-refractivity contribution in [3.05, 3.63) is 12.2 Å². The van der Waals surface area contributed by atoms with Gasteiger partial charge in [-0.3, -0.25) is 0 Å². The summed E-state index contributed by atoms with van der Waals surface area (Å²) in [7, 11) is 1.65. The van der Waals surface area contributed by atoms with E-state index in [1.807, 2.05) is 0 Å². The summed E-state index contributed by atoms with van der Waals surface area (Å²) >= 11 is 3.46. The van der Waals surface area contributed by atoms with Crippen molar-refractivity contribution in [1.82, 2.24) is 0 Å². The smallest absolute Gasteiger partial charge is 0.146 e. The Morgan fingerprint density at radius 3 is 2.11 bits per heavy atom. The Morgan fingerprint density at radius 1 is 0.833 bits per heavy atom. The Balaban J connectivity index is 2.99. The topological polar surface area (TPSA) is 18.5 Å².